The minimum atomic E-state index is 0.273. The molecule has 0 saturated carbocycles. The average molecular weight is 272 g/mol. The molecule has 2 aromatic rings. The third-order valence-electron chi connectivity index (χ3n) is 4.47. The van der Waals surface area contributed by atoms with E-state index in [1.54, 1.807) is 0 Å². The summed E-state index contributed by atoms with van der Waals surface area (Å²) in [5, 5.41) is 1.34. The van der Waals surface area contributed by atoms with Crippen molar-refractivity contribution >= 4 is 10.9 Å². The van der Waals surface area contributed by atoms with Gasteiger partial charge in [0.25, 0.3) is 0 Å². The first-order valence-corrected chi connectivity index (χ1v) is 8.01. The number of hydrogen-bond acceptors (Lipinski definition) is 1. The van der Waals surface area contributed by atoms with Crippen molar-refractivity contribution in [2.45, 2.75) is 59.0 Å². The second-order valence-electron chi connectivity index (χ2n) is 5.92. The van der Waals surface area contributed by atoms with Crippen molar-refractivity contribution in [1.82, 2.24) is 4.57 Å². The Morgan fingerprint density at radius 2 is 1.80 bits per heavy atom. The summed E-state index contributed by atoms with van der Waals surface area (Å²) in [5.41, 5.74) is 8.80. The van der Waals surface area contributed by atoms with Crippen LogP contribution < -0.4 is 5.73 Å². The molecule has 0 aliphatic carbocycles. The van der Waals surface area contributed by atoms with E-state index in [-0.39, 0.29) is 6.04 Å². The molecular formula is C18H28N2. The van der Waals surface area contributed by atoms with E-state index < -0.39 is 0 Å². The van der Waals surface area contributed by atoms with E-state index >= 15 is 0 Å². The Morgan fingerprint density at radius 3 is 2.45 bits per heavy atom. The molecule has 1 aromatic carbocycles. The van der Waals surface area contributed by atoms with Crippen LogP contribution in [-0.2, 0) is 13.0 Å². The number of aromatic nitrogens is 1. The van der Waals surface area contributed by atoms with Gasteiger partial charge >= 0.3 is 0 Å². The van der Waals surface area contributed by atoms with Gasteiger partial charge in [0, 0.05) is 24.3 Å². The Morgan fingerprint density at radius 1 is 1.05 bits per heavy atom. The highest BCUT2D eigenvalue weighted by Gasteiger charge is 2.09. The molecule has 2 rings (SSSR count). The fourth-order valence-electron chi connectivity index (χ4n) is 2.79. The van der Waals surface area contributed by atoms with Gasteiger partial charge in [-0.25, -0.2) is 0 Å². The first-order valence-electron chi connectivity index (χ1n) is 8.01. The van der Waals surface area contributed by atoms with Gasteiger partial charge < -0.3 is 10.3 Å². The van der Waals surface area contributed by atoms with E-state index in [4.69, 9.17) is 5.73 Å². The van der Waals surface area contributed by atoms with E-state index in [9.17, 15) is 0 Å². The molecule has 0 saturated heterocycles. The van der Waals surface area contributed by atoms with Gasteiger partial charge in [0.15, 0.2) is 0 Å². The first kappa shape index (κ1) is 15.1. The Labute approximate surface area is 123 Å². The molecule has 2 heteroatoms. The minimum absolute atomic E-state index is 0.273. The van der Waals surface area contributed by atoms with Gasteiger partial charge in [0.05, 0.1) is 0 Å². The molecule has 0 radical (unpaired) electrons. The first-order chi connectivity index (χ1) is 9.67. The lowest BCUT2D eigenvalue weighted by molar-refractivity contribution is 0.425. The van der Waals surface area contributed by atoms with Gasteiger partial charge in [0.2, 0.25) is 0 Å². The molecule has 1 heterocycles. The summed E-state index contributed by atoms with van der Waals surface area (Å²) in [7, 11) is 0. The predicted molar refractivity (Wildman–Crippen MR) is 88.0 cm³/mol. The van der Waals surface area contributed by atoms with Crippen LogP contribution in [0.15, 0.2) is 30.5 Å². The molecule has 20 heavy (non-hydrogen) atoms. The number of rotatable bonds is 7. The summed E-state index contributed by atoms with van der Waals surface area (Å²) in [5.74, 6) is 0.771. The lowest BCUT2D eigenvalue weighted by atomic mass is 10.0. The van der Waals surface area contributed by atoms with Crippen LogP contribution in [0.2, 0.25) is 0 Å². The van der Waals surface area contributed by atoms with Crippen LogP contribution in [0.5, 0.6) is 0 Å². The summed E-state index contributed by atoms with van der Waals surface area (Å²) < 4.78 is 2.41. The lowest BCUT2D eigenvalue weighted by Crippen LogP contribution is -2.21. The Balaban J connectivity index is 2.25. The maximum absolute atomic E-state index is 6.08. The molecular weight excluding hydrogens is 244 g/mol. The van der Waals surface area contributed by atoms with E-state index in [0.717, 1.165) is 25.3 Å². The minimum Gasteiger partial charge on any atom is -0.347 e. The van der Waals surface area contributed by atoms with Gasteiger partial charge in [-0.05, 0) is 41.8 Å². The average Bonchev–Trinajstić information content (AvgIpc) is 2.87. The summed E-state index contributed by atoms with van der Waals surface area (Å²) in [6, 6.07) is 9.28. The lowest BCUT2D eigenvalue weighted by Gasteiger charge is -2.15. The number of nitrogens with two attached hydrogens (primary N) is 1. The van der Waals surface area contributed by atoms with Gasteiger partial charge in [-0.1, -0.05) is 45.7 Å². The molecule has 110 valence electrons. The van der Waals surface area contributed by atoms with Crippen LogP contribution in [-0.4, -0.2) is 10.6 Å². The highest BCUT2D eigenvalue weighted by atomic mass is 15.0. The van der Waals surface area contributed by atoms with Gasteiger partial charge in [-0.3, -0.25) is 0 Å². The Kier molecular flexibility index (Phi) is 5.24. The van der Waals surface area contributed by atoms with Gasteiger partial charge in [0.1, 0.15) is 0 Å². The number of fused-ring (bicyclic) bond motifs is 1. The SMILES string of the molecule is CCC(N)Cc1ccc2ccn(CC(CC)CC)c2c1. The molecule has 1 aromatic heterocycles. The van der Waals surface area contributed by atoms with Crippen molar-refractivity contribution in [3.63, 3.8) is 0 Å². The van der Waals surface area contributed by atoms with E-state index in [1.807, 2.05) is 0 Å². The quantitative estimate of drug-likeness (QED) is 0.798. The number of benzene rings is 1. The third-order valence-corrected chi connectivity index (χ3v) is 4.47. The Bertz CT molecular complexity index is 537. The van der Waals surface area contributed by atoms with Crippen molar-refractivity contribution in [3.8, 4) is 0 Å². The van der Waals surface area contributed by atoms with E-state index in [2.05, 4.69) is 55.8 Å². The highest BCUT2D eigenvalue weighted by molar-refractivity contribution is 5.80. The summed E-state index contributed by atoms with van der Waals surface area (Å²) >= 11 is 0. The maximum Gasteiger partial charge on any atom is 0.0483 e. The second-order valence-corrected chi connectivity index (χ2v) is 5.92. The topological polar surface area (TPSA) is 30.9 Å². The van der Waals surface area contributed by atoms with Crippen molar-refractivity contribution < 1.29 is 0 Å². The van der Waals surface area contributed by atoms with Crippen molar-refractivity contribution in [1.29, 1.82) is 0 Å². The van der Waals surface area contributed by atoms with Crippen molar-refractivity contribution in [2.24, 2.45) is 11.7 Å². The smallest absolute Gasteiger partial charge is 0.0483 e. The van der Waals surface area contributed by atoms with Crippen LogP contribution in [0.4, 0.5) is 0 Å². The van der Waals surface area contributed by atoms with Crippen LogP contribution in [0.25, 0.3) is 10.9 Å². The Hall–Kier alpha value is -1.28. The summed E-state index contributed by atoms with van der Waals surface area (Å²) in [4.78, 5) is 0. The molecule has 2 N–H and O–H groups in total. The zero-order valence-corrected chi connectivity index (χ0v) is 13.1. The molecule has 0 aliphatic rings. The predicted octanol–water partition coefficient (Wildman–Crippen LogP) is 4.36. The van der Waals surface area contributed by atoms with E-state index in [0.29, 0.717) is 0 Å². The molecule has 1 atom stereocenters. The number of hydrogen-bond donors (Lipinski definition) is 1. The molecule has 1 unspecified atom stereocenters. The molecule has 0 bridgehead atoms. The van der Waals surface area contributed by atoms with Crippen LogP contribution in [0.1, 0.15) is 45.6 Å². The molecule has 0 spiro atoms. The maximum atomic E-state index is 6.08. The largest absolute Gasteiger partial charge is 0.347 e. The molecule has 0 aliphatic heterocycles. The standard InChI is InChI=1S/C18H28N2/c1-4-14(5-2)13-20-10-9-16-8-7-15(12-18(16)20)11-17(19)6-3/h7-10,12,14,17H,4-6,11,13,19H2,1-3H3. The van der Waals surface area contributed by atoms with Crippen LogP contribution >= 0.6 is 0 Å². The zero-order valence-electron chi connectivity index (χ0n) is 13.1. The van der Waals surface area contributed by atoms with Crippen LogP contribution in [0, 0.1) is 5.92 Å². The summed E-state index contributed by atoms with van der Waals surface area (Å²) in [6.45, 7) is 7.84. The highest BCUT2D eigenvalue weighted by Crippen LogP contribution is 2.21. The number of nitrogens with zero attached hydrogens (tertiary/aromatic N) is 1. The van der Waals surface area contributed by atoms with Crippen LogP contribution in [0.3, 0.4) is 0 Å². The van der Waals surface area contributed by atoms with Crippen molar-refractivity contribution in [2.75, 3.05) is 0 Å². The van der Waals surface area contributed by atoms with E-state index in [1.165, 1.54) is 29.3 Å². The molecule has 0 fully saturated rings. The fraction of sp³-hybridized carbons (Fsp3) is 0.556. The monoisotopic (exact) mass is 272 g/mol. The van der Waals surface area contributed by atoms with Crippen molar-refractivity contribution in [3.05, 3.63) is 36.0 Å². The molecule has 2 nitrogen and oxygen atoms in total. The fourth-order valence-corrected chi connectivity index (χ4v) is 2.79. The van der Waals surface area contributed by atoms with Gasteiger partial charge in [-0.2, -0.15) is 0 Å². The summed E-state index contributed by atoms with van der Waals surface area (Å²) in [6.07, 6.45) is 6.73. The zero-order chi connectivity index (χ0) is 14.5. The third kappa shape index (κ3) is 3.43. The van der Waals surface area contributed by atoms with Gasteiger partial charge in [-0.15, -0.1) is 0 Å². The second kappa shape index (κ2) is 6.94. The molecule has 0 amide bonds. The normalized spacial score (nSPS) is 13.2.